The molecule has 0 unspecified atom stereocenters. The standard InChI is InChI=1S/C15H22N2O4S/c1-2-22(18,19)17-9-10-20-15-13(17)6-7-14(15)21-11-12-5-3-4-8-16-12/h3-5,8,13-15H,2,6-7,9-11H2,1H3/t13-,14+,15+/m0/s1. The summed E-state index contributed by atoms with van der Waals surface area (Å²) < 4.78 is 37.8. The molecule has 1 saturated carbocycles. The maximum absolute atomic E-state index is 12.2. The van der Waals surface area contributed by atoms with Gasteiger partial charge in [0.05, 0.1) is 36.8 Å². The molecular weight excluding hydrogens is 304 g/mol. The predicted octanol–water partition coefficient (Wildman–Crippen LogP) is 1.18. The van der Waals surface area contributed by atoms with Crippen LogP contribution in [0.5, 0.6) is 0 Å². The van der Waals surface area contributed by atoms with Crippen molar-refractivity contribution in [1.29, 1.82) is 0 Å². The first-order chi connectivity index (χ1) is 10.6. The lowest BCUT2D eigenvalue weighted by Crippen LogP contribution is -2.54. The maximum atomic E-state index is 12.2. The summed E-state index contributed by atoms with van der Waals surface area (Å²) in [6.45, 7) is 3.00. The highest BCUT2D eigenvalue weighted by atomic mass is 32.2. The fourth-order valence-electron chi connectivity index (χ4n) is 3.25. The lowest BCUT2D eigenvalue weighted by molar-refractivity contribution is -0.101. The highest BCUT2D eigenvalue weighted by molar-refractivity contribution is 7.89. The van der Waals surface area contributed by atoms with E-state index >= 15 is 0 Å². The van der Waals surface area contributed by atoms with E-state index in [1.807, 2.05) is 18.2 Å². The monoisotopic (exact) mass is 326 g/mol. The molecule has 1 aliphatic carbocycles. The Kier molecular flexibility index (Phi) is 4.77. The van der Waals surface area contributed by atoms with E-state index in [0.29, 0.717) is 19.8 Å². The molecule has 2 heterocycles. The summed E-state index contributed by atoms with van der Waals surface area (Å²) in [5.41, 5.74) is 0.875. The molecule has 1 saturated heterocycles. The van der Waals surface area contributed by atoms with E-state index in [9.17, 15) is 8.42 Å². The van der Waals surface area contributed by atoms with E-state index in [-0.39, 0.29) is 24.0 Å². The molecule has 3 atom stereocenters. The fourth-order valence-corrected chi connectivity index (χ4v) is 4.57. The Hall–Kier alpha value is -1.02. The molecule has 0 aromatic carbocycles. The number of sulfonamides is 1. The van der Waals surface area contributed by atoms with Gasteiger partial charge in [-0.3, -0.25) is 4.98 Å². The molecule has 122 valence electrons. The van der Waals surface area contributed by atoms with Crippen LogP contribution in [0.2, 0.25) is 0 Å². The lowest BCUT2D eigenvalue weighted by Gasteiger charge is -2.37. The summed E-state index contributed by atoms with van der Waals surface area (Å²) in [4.78, 5) is 4.24. The van der Waals surface area contributed by atoms with Crippen LogP contribution < -0.4 is 0 Å². The van der Waals surface area contributed by atoms with Gasteiger partial charge in [-0.1, -0.05) is 6.07 Å². The molecule has 1 aliphatic heterocycles. The van der Waals surface area contributed by atoms with Gasteiger partial charge >= 0.3 is 0 Å². The Morgan fingerprint density at radius 2 is 2.27 bits per heavy atom. The first kappa shape index (κ1) is 15.9. The number of hydrogen-bond donors (Lipinski definition) is 0. The smallest absolute Gasteiger partial charge is 0.214 e. The maximum Gasteiger partial charge on any atom is 0.214 e. The van der Waals surface area contributed by atoms with E-state index in [1.165, 1.54) is 0 Å². The molecular formula is C15H22N2O4S. The lowest BCUT2D eigenvalue weighted by atomic mass is 10.1. The van der Waals surface area contributed by atoms with Crippen LogP contribution in [-0.4, -0.2) is 54.9 Å². The average molecular weight is 326 g/mol. The third-order valence-electron chi connectivity index (χ3n) is 4.38. The van der Waals surface area contributed by atoms with Crippen molar-refractivity contribution in [3.63, 3.8) is 0 Å². The summed E-state index contributed by atoms with van der Waals surface area (Å²) in [7, 11) is -3.18. The minimum absolute atomic E-state index is 0.0677. The third kappa shape index (κ3) is 3.17. The van der Waals surface area contributed by atoms with Crippen LogP contribution in [0.3, 0.4) is 0 Å². The Labute approximate surface area is 131 Å². The van der Waals surface area contributed by atoms with E-state index in [0.717, 1.165) is 18.5 Å². The second-order valence-electron chi connectivity index (χ2n) is 5.66. The van der Waals surface area contributed by atoms with Crippen molar-refractivity contribution in [2.24, 2.45) is 0 Å². The zero-order chi connectivity index (χ0) is 15.6. The van der Waals surface area contributed by atoms with E-state index in [2.05, 4.69) is 4.98 Å². The van der Waals surface area contributed by atoms with Crippen molar-refractivity contribution in [2.75, 3.05) is 18.9 Å². The van der Waals surface area contributed by atoms with E-state index < -0.39 is 10.0 Å². The molecule has 0 N–H and O–H groups in total. The number of aromatic nitrogens is 1. The normalized spacial score (nSPS) is 29.4. The number of morpholine rings is 1. The first-order valence-electron chi connectivity index (χ1n) is 7.74. The fraction of sp³-hybridized carbons (Fsp3) is 0.667. The van der Waals surface area contributed by atoms with Gasteiger partial charge in [-0.2, -0.15) is 4.31 Å². The van der Waals surface area contributed by atoms with E-state index in [1.54, 1.807) is 17.4 Å². The average Bonchev–Trinajstić information content (AvgIpc) is 2.97. The quantitative estimate of drug-likeness (QED) is 0.813. The Morgan fingerprint density at radius 3 is 3.00 bits per heavy atom. The van der Waals surface area contributed by atoms with Gasteiger partial charge in [0, 0.05) is 12.7 Å². The molecule has 0 radical (unpaired) electrons. The summed E-state index contributed by atoms with van der Waals surface area (Å²) in [6, 6.07) is 5.62. The van der Waals surface area contributed by atoms with Crippen LogP contribution in [0.15, 0.2) is 24.4 Å². The molecule has 7 heteroatoms. The van der Waals surface area contributed by atoms with Crippen molar-refractivity contribution in [1.82, 2.24) is 9.29 Å². The van der Waals surface area contributed by atoms with Crippen LogP contribution >= 0.6 is 0 Å². The third-order valence-corrected chi connectivity index (χ3v) is 6.28. The zero-order valence-corrected chi connectivity index (χ0v) is 13.5. The molecule has 2 aliphatic rings. The van der Waals surface area contributed by atoms with Crippen molar-refractivity contribution >= 4 is 10.0 Å². The minimum atomic E-state index is -3.18. The van der Waals surface area contributed by atoms with Crippen LogP contribution in [0.1, 0.15) is 25.5 Å². The first-order valence-corrected chi connectivity index (χ1v) is 9.35. The molecule has 6 nitrogen and oxygen atoms in total. The highest BCUT2D eigenvalue weighted by Gasteiger charge is 2.46. The van der Waals surface area contributed by atoms with E-state index in [4.69, 9.17) is 9.47 Å². The number of rotatable bonds is 5. The molecule has 22 heavy (non-hydrogen) atoms. The molecule has 0 amide bonds. The molecule has 3 rings (SSSR count). The van der Waals surface area contributed by atoms with Gasteiger partial charge in [-0.05, 0) is 31.9 Å². The van der Waals surface area contributed by atoms with Gasteiger partial charge in [0.25, 0.3) is 0 Å². The van der Waals surface area contributed by atoms with Crippen LogP contribution in [0.4, 0.5) is 0 Å². The number of nitrogens with zero attached hydrogens (tertiary/aromatic N) is 2. The molecule has 1 aromatic rings. The molecule has 1 aromatic heterocycles. The van der Waals surface area contributed by atoms with Gasteiger partial charge in [-0.15, -0.1) is 0 Å². The minimum Gasteiger partial charge on any atom is -0.372 e. The van der Waals surface area contributed by atoms with Gasteiger partial charge in [0.2, 0.25) is 10.0 Å². The topological polar surface area (TPSA) is 68.7 Å². The van der Waals surface area contributed by atoms with Gasteiger partial charge in [0.15, 0.2) is 0 Å². The Morgan fingerprint density at radius 1 is 1.41 bits per heavy atom. The van der Waals surface area contributed by atoms with Crippen LogP contribution in [0.25, 0.3) is 0 Å². The van der Waals surface area contributed by atoms with Crippen LogP contribution in [-0.2, 0) is 26.1 Å². The number of pyridine rings is 1. The number of hydrogen-bond acceptors (Lipinski definition) is 5. The molecule has 0 bridgehead atoms. The van der Waals surface area contributed by atoms with Crippen molar-refractivity contribution in [3.8, 4) is 0 Å². The van der Waals surface area contributed by atoms with Crippen LogP contribution in [0, 0.1) is 0 Å². The summed E-state index contributed by atoms with van der Waals surface area (Å²) in [6.07, 6.45) is 3.11. The Bertz CT molecular complexity index is 593. The predicted molar refractivity (Wildman–Crippen MR) is 81.7 cm³/mol. The second-order valence-corrected chi connectivity index (χ2v) is 7.87. The van der Waals surface area contributed by atoms with Gasteiger partial charge < -0.3 is 9.47 Å². The second kappa shape index (κ2) is 6.62. The summed E-state index contributed by atoms with van der Waals surface area (Å²) >= 11 is 0. The Balaban J connectivity index is 1.65. The van der Waals surface area contributed by atoms with Gasteiger partial charge in [0.1, 0.15) is 6.10 Å². The zero-order valence-electron chi connectivity index (χ0n) is 12.7. The molecule has 2 fully saturated rings. The van der Waals surface area contributed by atoms with Crippen molar-refractivity contribution in [2.45, 2.75) is 44.6 Å². The van der Waals surface area contributed by atoms with Gasteiger partial charge in [-0.25, -0.2) is 8.42 Å². The SMILES string of the molecule is CCS(=O)(=O)N1CCO[C@H]2[C@H](OCc3ccccn3)CC[C@@H]21. The summed E-state index contributed by atoms with van der Waals surface area (Å²) in [5.74, 6) is 0.135. The summed E-state index contributed by atoms with van der Waals surface area (Å²) in [5, 5.41) is 0. The molecule has 0 spiro atoms. The number of fused-ring (bicyclic) bond motifs is 1. The number of ether oxygens (including phenoxy) is 2. The van der Waals surface area contributed by atoms with Crippen molar-refractivity contribution < 1.29 is 17.9 Å². The van der Waals surface area contributed by atoms with Crippen molar-refractivity contribution in [3.05, 3.63) is 30.1 Å². The highest BCUT2D eigenvalue weighted by Crippen LogP contribution is 2.34. The largest absolute Gasteiger partial charge is 0.372 e.